The van der Waals surface area contributed by atoms with Crippen LogP contribution in [0.2, 0.25) is 0 Å². The van der Waals surface area contributed by atoms with Crippen LogP contribution in [0.5, 0.6) is 0 Å². The summed E-state index contributed by atoms with van der Waals surface area (Å²) in [5.41, 5.74) is 1.12. The van der Waals surface area contributed by atoms with E-state index in [1.807, 2.05) is 0 Å². The van der Waals surface area contributed by atoms with Gasteiger partial charge in [0.2, 0.25) is 5.95 Å². The van der Waals surface area contributed by atoms with Gasteiger partial charge >= 0.3 is 0 Å². The molecule has 0 aromatic carbocycles. The molecule has 1 saturated heterocycles. The molecule has 2 unspecified atom stereocenters. The third kappa shape index (κ3) is 3.63. The number of nitrogens with zero attached hydrogens (tertiary/aromatic N) is 3. The summed E-state index contributed by atoms with van der Waals surface area (Å²) in [6.45, 7) is 6.15. The molecule has 7 heteroatoms. The van der Waals surface area contributed by atoms with E-state index in [-0.39, 0.29) is 11.9 Å². The van der Waals surface area contributed by atoms with Gasteiger partial charge in [-0.1, -0.05) is 0 Å². The molecular weight excluding hydrogens is 390 g/mol. The average Bonchev–Trinajstić information content (AvgIpc) is 3.53. The summed E-state index contributed by atoms with van der Waals surface area (Å²) in [4.78, 5) is 25.2. The molecule has 0 radical (unpaired) electrons. The van der Waals surface area contributed by atoms with Gasteiger partial charge in [0, 0.05) is 43.3 Å². The summed E-state index contributed by atoms with van der Waals surface area (Å²) in [5.74, 6) is 2.60. The fourth-order valence-corrected chi connectivity index (χ4v) is 7.32. The number of anilines is 1. The van der Waals surface area contributed by atoms with Gasteiger partial charge in [-0.15, -0.1) is 0 Å². The van der Waals surface area contributed by atoms with Crippen molar-refractivity contribution in [3.63, 3.8) is 0 Å². The van der Waals surface area contributed by atoms with Crippen molar-refractivity contribution in [2.24, 2.45) is 17.8 Å². The van der Waals surface area contributed by atoms with E-state index < -0.39 is 5.60 Å². The molecule has 31 heavy (non-hydrogen) atoms. The van der Waals surface area contributed by atoms with Crippen molar-refractivity contribution in [1.82, 2.24) is 20.6 Å². The third-order valence-electron chi connectivity index (χ3n) is 8.39. The Bertz CT molecular complexity index is 861. The van der Waals surface area contributed by atoms with Crippen molar-refractivity contribution in [2.45, 2.75) is 88.4 Å². The lowest BCUT2D eigenvalue weighted by atomic mass is 9.52. The molecule has 7 nitrogen and oxygen atoms in total. The lowest BCUT2D eigenvalue weighted by Crippen LogP contribution is -2.61. The number of carbonyl (C=O) groups is 1. The maximum Gasteiger partial charge on any atom is 0.254 e. The first-order valence-electron chi connectivity index (χ1n) is 12.3. The Morgan fingerprint density at radius 2 is 1.84 bits per heavy atom. The molecule has 6 fully saturated rings. The summed E-state index contributed by atoms with van der Waals surface area (Å²) in [6.07, 6.45) is 8.92. The minimum atomic E-state index is -0.473. The second-order valence-electron chi connectivity index (χ2n) is 11.3. The summed E-state index contributed by atoms with van der Waals surface area (Å²) >= 11 is 0. The largest absolute Gasteiger partial charge is 0.390 e. The smallest absolute Gasteiger partial charge is 0.254 e. The number of aromatic nitrogens is 2. The highest BCUT2D eigenvalue weighted by Crippen LogP contribution is 2.55. The Morgan fingerprint density at radius 3 is 2.45 bits per heavy atom. The van der Waals surface area contributed by atoms with Crippen LogP contribution in [0.1, 0.15) is 80.8 Å². The van der Waals surface area contributed by atoms with E-state index in [4.69, 9.17) is 4.98 Å². The number of hydrogen-bond donors (Lipinski definition) is 3. The first-order valence-corrected chi connectivity index (χ1v) is 12.3. The van der Waals surface area contributed by atoms with Crippen LogP contribution in [-0.2, 0) is 0 Å². The standard InChI is InChI=1S/C24H35N5O2/c1-13-11-29(12-14(2)26-13)23-25-10-19(21(28-23)16-3-4-16)22(30)27-20-17-5-15-6-18(20)9-24(31,7-15)8-17/h10,13-18,20,26,31H,3-9,11-12H2,1-2H3,(H,27,30)/t13-,14+,15?,17?,18?,20?,24?. The minimum Gasteiger partial charge on any atom is -0.390 e. The summed E-state index contributed by atoms with van der Waals surface area (Å²) < 4.78 is 0. The van der Waals surface area contributed by atoms with Crippen LogP contribution in [0.3, 0.4) is 0 Å². The molecule has 4 atom stereocenters. The van der Waals surface area contributed by atoms with Crippen LogP contribution in [0, 0.1) is 17.8 Å². The number of amides is 1. The lowest BCUT2D eigenvalue weighted by Gasteiger charge is -2.58. The van der Waals surface area contributed by atoms with Gasteiger partial charge in [0.25, 0.3) is 5.91 Å². The predicted molar refractivity (Wildman–Crippen MR) is 118 cm³/mol. The van der Waals surface area contributed by atoms with Crippen LogP contribution in [-0.4, -0.2) is 57.8 Å². The number of piperazine rings is 1. The van der Waals surface area contributed by atoms with Crippen molar-refractivity contribution in [1.29, 1.82) is 0 Å². The number of hydrogen-bond acceptors (Lipinski definition) is 6. The second-order valence-corrected chi connectivity index (χ2v) is 11.3. The molecule has 3 N–H and O–H groups in total. The lowest BCUT2D eigenvalue weighted by molar-refractivity contribution is -0.136. The Labute approximate surface area is 184 Å². The van der Waals surface area contributed by atoms with Crippen LogP contribution >= 0.6 is 0 Å². The molecule has 1 amide bonds. The molecule has 4 bridgehead atoms. The van der Waals surface area contributed by atoms with Gasteiger partial charge in [-0.2, -0.15) is 0 Å². The summed E-state index contributed by atoms with van der Waals surface area (Å²) in [5, 5.41) is 17.8. The van der Waals surface area contributed by atoms with Gasteiger partial charge in [-0.25, -0.2) is 9.97 Å². The molecule has 5 aliphatic carbocycles. The molecule has 1 aliphatic heterocycles. The first kappa shape index (κ1) is 19.9. The Morgan fingerprint density at radius 1 is 1.16 bits per heavy atom. The van der Waals surface area contributed by atoms with Crippen molar-refractivity contribution in [3.8, 4) is 0 Å². The summed E-state index contributed by atoms with van der Waals surface area (Å²) in [7, 11) is 0. The fraction of sp³-hybridized carbons (Fsp3) is 0.792. The van der Waals surface area contributed by atoms with Crippen LogP contribution in [0.4, 0.5) is 5.95 Å². The molecule has 5 saturated carbocycles. The van der Waals surface area contributed by atoms with Crippen molar-refractivity contribution < 1.29 is 9.90 Å². The van der Waals surface area contributed by atoms with Gasteiger partial charge < -0.3 is 20.6 Å². The highest BCUT2D eigenvalue weighted by molar-refractivity contribution is 5.95. The molecule has 0 spiro atoms. The van der Waals surface area contributed by atoms with E-state index in [1.165, 1.54) is 0 Å². The highest BCUT2D eigenvalue weighted by atomic mass is 16.3. The van der Waals surface area contributed by atoms with E-state index in [0.29, 0.717) is 41.3 Å². The fourth-order valence-electron chi connectivity index (χ4n) is 7.32. The molecule has 6 aliphatic rings. The molecular formula is C24H35N5O2. The highest BCUT2D eigenvalue weighted by Gasteiger charge is 2.55. The van der Waals surface area contributed by atoms with Gasteiger partial charge in [-0.05, 0) is 76.5 Å². The van der Waals surface area contributed by atoms with Crippen molar-refractivity contribution >= 4 is 11.9 Å². The van der Waals surface area contributed by atoms with E-state index >= 15 is 0 Å². The van der Waals surface area contributed by atoms with Crippen LogP contribution in [0.15, 0.2) is 6.20 Å². The number of nitrogens with one attached hydrogen (secondary N) is 2. The number of aliphatic hydroxyl groups is 1. The molecule has 7 rings (SSSR count). The van der Waals surface area contributed by atoms with E-state index in [1.54, 1.807) is 6.20 Å². The number of rotatable bonds is 4. The van der Waals surface area contributed by atoms with Crippen molar-refractivity contribution in [3.05, 3.63) is 17.5 Å². The zero-order chi connectivity index (χ0) is 21.3. The van der Waals surface area contributed by atoms with Crippen LogP contribution in [0.25, 0.3) is 0 Å². The van der Waals surface area contributed by atoms with E-state index in [9.17, 15) is 9.90 Å². The summed E-state index contributed by atoms with van der Waals surface area (Å²) in [6, 6.07) is 0.976. The SMILES string of the molecule is C[C@@H]1CN(c2ncc(C(=O)NC3C4CC5CC3CC(O)(C5)C4)c(C3CC3)n2)C[C@H](C)N1. The normalized spacial score (nSPS) is 41.5. The Hall–Kier alpha value is -1.73. The van der Waals surface area contributed by atoms with E-state index in [0.717, 1.165) is 69.7 Å². The minimum absolute atomic E-state index is 0.0139. The van der Waals surface area contributed by atoms with Gasteiger partial charge in [-0.3, -0.25) is 4.79 Å². The molecule has 1 aromatic heterocycles. The monoisotopic (exact) mass is 425 g/mol. The van der Waals surface area contributed by atoms with Gasteiger partial charge in [0.15, 0.2) is 0 Å². The van der Waals surface area contributed by atoms with Gasteiger partial charge in [0.1, 0.15) is 0 Å². The third-order valence-corrected chi connectivity index (χ3v) is 8.39. The van der Waals surface area contributed by atoms with Gasteiger partial charge in [0.05, 0.1) is 16.9 Å². The topological polar surface area (TPSA) is 90.4 Å². The van der Waals surface area contributed by atoms with Crippen LogP contribution < -0.4 is 15.5 Å². The molecule has 2 heterocycles. The maximum atomic E-state index is 13.4. The quantitative estimate of drug-likeness (QED) is 0.685. The second kappa shape index (κ2) is 7.14. The van der Waals surface area contributed by atoms with E-state index in [2.05, 4.69) is 34.4 Å². The Kier molecular flexibility index (Phi) is 4.59. The first-order chi connectivity index (χ1) is 14.9. The maximum absolute atomic E-state index is 13.4. The Balaban J connectivity index is 1.22. The molecule has 168 valence electrons. The number of carbonyl (C=O) groups excluding carboxylic acids is 1. The zero-order valence-electron chi connectivity index (χ0n) is 18.7. The predicted octanol–water partition coefficient (Wildman–Crippen LogP) is 2.21. The van der Waals surface area contributed by atoms with Crippen molar-refractivity contribution in [2.75, 3.05) is 18.0 Å². The zero-order valence-corrected chi connectivity index (χ0v) is 18.7. The molecule has 1 aromatic rings. The average molecular weight is 426 g/mol.